The van der Waals surface area contributed by atoms with E-state index in [2.05, 4.69) is 42.0 Å². The molecule has 0 bridgehead atoms. The van der Waals surface area contributed by atoms with Crippen molar-refractivity contribution in [3.8, 4) is 0 Å². The van der Waals surface area contributed by atoms with E-state index in [1.54, 1.807) is 0 Å². The van der Waals surface area contributed by atoms with Crippen LogP contribution in [-0.4, -0.2) is 40.9 Å². The van der Waals surface area contributed by atoms with Crippen molar-refractivity contribution in [3.05, 3.63) is 17.2 Å². The molecular formula is C17H25ClN4S. The maximum Gasteiger partial charge on any atom is 0.166 e. The second-order valence-electron chi connectivity index (χ2n) is 6.22. The molecule has 2 N–H and O–H groups in total. The van der Waals surface area contributed by atoms with Crippen molar-refractivity contribution in [2.24, 2.45) is 0 Å². The number of imidazole rings is 1. The number of H-pyrrole nitrogens is 1. The minimum Gasteiger partial charge on any atom is -0.367 e. The number of nitrogens with one attached hydrogen (secondary N) is 2. The highest BCUT2D eigenvalue weighted by Crippen LogP contribution is 2.33. The fraction of sp³-hybridized carbons (Fsp3) is 0.588. The van der Waals surface area contributed by atoms with Crippen LogP contribution in [0.1, 0.15) is 33.6 Å². The molecule has 1 fully saturated rings. The summed E-state index contributed by atoms with van der Waals surface area (Å²) in [6.07, 6.45) is 2.31. The molecule has 0 aliphatic carbocycles. The second-order valence-corrected chi connectivity index (χ2v) is 7.92. The van der Waals surface area contributed by atoms with Crippen molar-refractivity contribution in [2.45, 2.75) is 50.1 Å². The largest absolute Gasteiger partial charge is 0.367 e. The molecule has 1 aromatic carbocycles. The van der Waals surface area contributed by atoms with Gasteiger partial charge >= 0.3 is 0 Å². The monoisotopic (exact) mass is 352 g/mol. The van der Waals surface area contributed by atoms with Gasteiger partial charge < -0.3 is 15.2 Å². The number of halogens is 1. The molecular weight excluding hydrogens is 328 g/mol. The third-order valence-corrected chi connectivity index (χ3v) is 6.15. The molecule has 1 aliphatic heterocycles. The van der Waals surface area contributed by atoms with E-state index < -0.39 is 0 Å². The van der Waals surface area contributed by atoms with Crippen molar-refractivity contribution in [2.75, 3.05) is 24.5 Å². The van der Waals surface area contributed by atoms with E-state index in [9.17, 15) is 0 Å². The Kier molecular flexibility index (Phi) is 5.39. The highest BCUT2D eigenvalue weighted by Gasteiger charge is 2.19. The lowest BCUT2D eigenvalue weighted by Gasteiger charge is -2.34. The van der Waals surface area contributed by atoms with E-state index in [0.29, 0.717) is 11.3 Å². The van der Waals surface area contributed by atoms with Crippen LogP contribution in [0.25, 0.3) is 11.0 Å². The molecule has 23 heavy (non-hydrogen) atoms. The van der Waals surface area contributed by atoms with E-state index in [1.807, 2.05) is 17.8 Å². The van der Waals surface area contributed by atoms with Gasteiger partial charge in [0.15, 0.2) is 5.16 Å². The van der Waals surface area contributed by atoms with Gasteiger partial charge in [-0.25, -0.2) is 4.98 Å². The molecule has 6 heteroatoms. The summed E-state index contributed by atoms with van der Waals surface area (Å²) in [7, 11) is 0. The number of hydrogen-bond acceptors (Lipinski definition) is 4. The zero-order valence-corrected chi connectivity index (χ0v) is 15.6. The molecule has 4 nitrogen and oxygen atoms in total. The number of hydrogen-bond donors (Lipinski definition) is 2. The van der Waals surface area contributed by atoms with Crippen LogP contribution in [0.15, 0.2) is 17.3 Å². The molecule has 2 aromatic rings. The van der Waals surface area contributed by atoms with Gasteiger partial charge in [0.2, 0.25) is 0 Å². The number of nitrogens with zero attached hydrogens (tertiary/aromatic N) is 2. The average molecular weight is 353 g/mol. The van der Waals surface area contributed by atoms with E-state index in [1.165, 1.54) is 0 Å². The van der Waals surface area contributed by atoms with E-state index >= 15 is 0 Å². The first-order valence-electron chi connectivity index (χ1n) is 8.45. The number of benzene rings is 1. The van der Waals surface area contributed by atoms with Gasteiger partial charge in [0.25, 0.3) is 0 Å². The molecule has 3 rings (SSSR count). The minimum absolute atomic E-state index is 0.485. The summed E-state index contributed by atoms with van der Waals surface area (Å²) in [6, 6.07) is 4.63. The number of fused-ring (bicyclic) bond motifs is 1. The lowest BCUT2D eigenvalue weighted by Crippen LogP contribution is -2.49. The highest BCUT2D eigenvalue weighted by atomic mass is 35.5. The summed E-state index contributed by atoms with van der Waals surface area (Å²) in [6.45, 7) is 9.62. The number of piperazine rings is 1. The van der Waals surface area contributed by atoms with Crippen LogP contribution in [0, 0.1) is 0 Å². The summed E-state index contributed by atoms with van der Waals surface area (Å²) in [5.41, 5.74) is 3.13. The summed E-state index contributed by atoms with van der Waals surface area (Å²) >= 11 is 8.36. The van der Waals surface area contributed by atoms with Gasteiger partial charge in [-0.05, 0) is 31.9 Å². The van der Waals surface area contributed by atoms with Crippen LogP contribution in [-0.2, 0) is 0 Å². The van der Waals surface area contributed by atoms with Crippen LogP contribution < -0.4 is 10.2 Å². The lowest BCUT2D eigenvalue weighted by atomic mass is 10.2. The molecule has 1 atom stereocenters. The van der Waals surface area contributed by atoms with Crippen LogP contribution >= 0.6 is 23.4 Å². The van der Waals surface area contributed by atoms with Crippen LogP contribution in [0.5, 0.6) is 0 Å². The van der Waals surface area contributed by atoms with Gasteiger partial charge in [0.05, 0.1) is 21.7 Å². The Labute approximate surface area is 147 Å². The molecule has 1 saturated heterocycles. The first kappa shape index (κ1) is 16.9. The van der Waals surface area contributed by atoms with Crippen LogP contribution in [0.2, 0.25) is 5.02 Å². The van der Waals surface area contributed by atoms with Crippen molar-refractivity contribution in [1.82, 2.24) is 15.3 Å². The fourth-order valence-corrected chi connectivity index (χ4v) is 4.31. The van der Waals surface area contributed by atoms with Gasteiger partial charge in [0, 0.05) is 30.9 Å². The van der Waals surface area contributed by atoms with E-state index in [4.69, 9.17) is 16.6 Å². The SMILES string of the molecule is CCC(CC)Sc1nc2cc(Cl)c(N3CCNC(C)C3)cc2[nH]1. The van der Waals surface area contributed by atoms with Crippen LogP contribution in [0.3, 0.4) is 0 Å². The predicted molar refractivity (Wildman–Crippen MR) is 101 cm³/mol. The molecule has 0 radical (unpaired) electrons. The van der Waals surface area contributed by atoms with Crippen LogP contribution in [0.4, 0.5) is 5.69 Å². The molecule has 0 amide bonds. The van der Waals surface area contributed by atoms with E-state index in [0.717, 1.165) is 59.4 Å². The lowest BCUT2D eigenvalue weighted by molar-refractivity contribution is 0.485. The third-order valence-electron chi connectivity index (χ3n) is 4.43. The fourth-order valence-electron chi connectivity index (χ4n) is 3.06. The first-order valence-corrected chi connectivity index (χ1v) is 9.70. The number of aromatic nitrogens is 2. The summed E-state index contributed by atoms with van der Waals surface area (Å²) < 4.78 is 0. The Morgan fingerprint density at radius 1 is 1.39 bits per heavy atom. The maximum absolute atomic E-state index is 6.53. The zero-order valence-electron chi connectivity index (χ0n) is 14.0. The molecule has 0 saturated carbocycles. The normalized spacial score (nSPS) is 19.0. The highest BCUT2D eigenvalue weighted by molar-refractivity contribution is 7.99. The van der Waals surface area contributed by atoms with Gasteiger partial charge in [-0.15, -0.1) is 0 Å². The Morgan fingerprint density at radius 2 is 2.17 bits per heavy atom. The average Bonchev–Trinajstić information content (AvgIpc) is 2.93. The topological polar surface area (TPSA) is 44.0 Å². The van der Waals surface area contributed by atoms with Crippen molar-refractivity contribution in [1.29, 1.82) is 0 Å². The molecule has 0 spiro atoms. The van der Waals surface area contributed by atoms with Gasteiger partial charge in [-0.1, -0.05) is 37.2 Å². The Balaban J connectivity index is 1.88. The third kappa shape index (κ3) is 3.78. The Hall–Kier alpha value is -0.910. The van der Waals surface area contributed by atoms with Gasteiger partial charge in [-0.3, -0.25) is 0 Å². The number of thioether (sulfide) groups is 1. The van der Waals surface area contributed by atoms with E-state index in [-0.39, 0.29) is 0 Å². The summed E-state index contributed by atoms with van der Waals surface area (Å²) in [4.78, 5) is 10.5. The summed E-state index contributed by atoms with van der Waals surface area (Å²) in [5, 5.41) is 5.86. The smallest absolute Gasteiger partial charge is 0.166 e. The summed E-state index contributed by atoms with van der Waals surface area (Å²) in [5.74, 6) is 0. The minimum atomic E-state index is 0.485. The second kappa shape index (κ2) is 7.32. The number of anilines is 1. The van der Waals surface area contributed by atoms with Crippen molar-refractivity contribution < 1.29 is 0 Å². The molecule has 1 unspecified atom stereocenters. The molecule has 126 valence electrons. The number of aromatic amines is 1. The van der Waals surface area contributed by atoms with Crippen molar-refractivity contribution in [3.63, 3.8) is 0 Å². The molecule has 1 aliphatic rings. The zero-order chi connectivity index (χ0) is 16.4. The number of rotatable bonds is 5. The van der Waals surface area contributed by atoms with Crippen molar-refractivity contribution >= 4 is 40.1 Å². The quantitative estimate of drug-likeness (QED) is 0.787. The maximum atomic E-state index is 6.53. The first-order chi connectivity index (χ1) is 11.1. The predicted octanol–water partition coefficient (Wildman–Crippen LogP) is 4.30. The molecule has 2 heterocycles. The van der Waals surface area contributed by atoms with Gasteiger partial charge in [0.1, 0.15) is 0 Å². The molecule has 1 aromatic heterocycles. The standard InChI is InChI=1S/C17H25ClN4S/c1-4-12(5-2)23-17-20-14-8-13(18)16(9-15(14)21-17)22-7-6-19-11(3)10-22/h8-9,11-12,19H,4-7,10H2,1-3H3,(H,20,21). The van der Waals surface area contributed by atoms with Gasteiger partial charge in [-0.2, -0.15) is 0 Å². The Bertz CT molecular complexity index is 668. The Morgan fingerprint density at radius 3 is 2.87 bits per heavy atom.